The molecule has 0 saturated carbocycles. The maximum Gasteiger partial charge on any atom is 0.118 e. The van der Waals surface area contributed by atoms with E-state index in [0.29, 0.717) is 0 Å². The van der Waals surface area contributed by atoms with Gasteiger partial charge in [-0.1, -0.05) is 36.4 Å². The predicted molar refractivity (Wildman–Crippen MR) is 67.1 cm³/mol. The zero-order valence-electron chi connectivity index (χ0n) is 10.1. The summed E-state index contributed by atoms with van der Waals surface area (Å²) in [6.07, 6.45) is -0.0527. The Bertz CT molecular complexity index is 527. The van der Waals surface area contributed by atoms with Crippen LogP contribution in [0.1, 0.15) is 5.56 Å². The summed E-state index contributed by atoms with van der Waals surface area (Å²) in [5.74, 6) is -0.250. The minimum atomic E-state index is -1.06. The molecule has 0 fully saturated rings. The third-order valence-corrected chi connectivity index (χ3v) is 2.73. The Morgan fingerprint density at radius 3 is 1.94 bits per heavy atom. The molecule has 18 heavy (non-hydrogen) atoms. The molecule has 3 nitrogen and oxygen atoms in total. The van der Waals surface area contributed by atoms with Crippen LogP contribution < -0.4 is 9.84 Å². The summed E-state index contributed by atoms with van der Waals surface area (Å²) < 4.78 is 5.10. The number of carboxylic acid groups (broad SMARTS) is 1. The van der Waals surface area contributed by atoms with Gasteiger partial charge in [-0.2, -0.15) is 0 Å². The second kappa shape index (κ2) is 5.36. The number of hydrogen-bond donors (Lipinski definition) is 0. The quantitative estimate of drug-likeness (QED) is 0.817. The first-order chi connectivity index (χ1) is 8.69. The van der Waals surface area contributed by atoms with E-state index >= 15 is 0 Å². The summed E-state index contributed by atoms with van der Waals surface area (Å²) in [5.41, 5.74) is 2.85. The number of methoxy groups -OCH3 is 1. The van der Waals surface area contributed by atoms with Gasteiger partial charge in [0.1, 0.15) is 5.75 Å². The van der Waals surface area contributed by atoms with Crippen LogP contribution in [0.3, 0.4) is 0 Å². The topological polar surface area (TPSA) is 49.4 Å². The molecule has 0 aliphatic heterocycles. The van der Waals surface area contributed by atoms with Crippen molar-refractivity contribution in [3.8, 4) is 16.9 Å². The van der Waals surface area contributed by atoms with Crippen LogP contribution in [0.4, 0.5) is 0 Å². The van der Waals surface area contributed by atoms with E-state index in [4.69, 9.17) is 4.74 Å². The summed E-state index contributed by atoms with van der Waals surface area (Å²) >= 11 is 0. The van der Waals surface area contributed by atoms with E-state index in [2.05, 4.69) is 0 Å². The Kier molecular flexibility index (Phi) is 3.63. The van der Waals surface area contributed by atoms with Crippen molar-refractivity contribution in [1.82, 2.24) is 0 Å². The summed E-state index contributed by atoms with van der Waals surface area (Å²) in [6, 6.07) is 15.1. The van der Waals surface area contributed by atoms with Gasteiger partial charge in [-0.15, -0.1) is 0 Å². The van der Waals surface area contributed by atoms with Crippen molar-refractivity contribution in [3.63, 3.8) is 0 Å². The number of carbonyl (C=O) groups excluding carboxylic acids is 1. The van der Waals surface area contributed by atoms with Gasteiger partial charge in [0.2, 0.25) is 0 Å². The molecule has 2 rings (SSSR count). The average Bonchev–Trinajstić information content (AvgIpc) is 2.39. The van der Waals surface area contributed by atoms with E-state index in [0.717, 1.165) is 22.4 Å². The molecule has 2 aromatic rings. The molecule has 0 amide bonds. The highest BCUT2D eigenvalue weighted by Gasteiger charge is 1.99. The highest BCUT2D eigenvalue weighted by Crippen LogP contribution is 2.22. The Balaban J connectivity index is 2.20. The minimum absolute atomic E-state index is 0.0527. The van der Waals surface area contributed by atoms with Gasteiger partial charge >= 0.3 is 0 Å². The number of ether oxygens (including phenoxy) is 1. The molecule has 0 spiro atoms. The molecule has 0 radical (unpaired) electrons. The van der Waals surface area contributed by atoms with Crippen molar-refractivity contribution < 1.29 is 14.6 Å². The van der Waals surface area contributed by atoms with Crippen LogP contribution in [-0.2, 0) is 11.2 Å². The smallest absolute Gasteiger partial charge is 0.118 e. The van der Waals surface area contributed by atoms with Gasteiger partial charge in [0.15, 0.2) is 0 Å². The fraction of sp³-hybridized carbons (Fsp3) is 0.133. The Morgan fingerprint density at radius 2 is 1.50 bits per heavy atom. The maximum atomic E-state index is 10.5. The molecule has 0 aliphatic carbocycles. The Morgan fingerprint density at radius 1 is 1.00 bits per heavy atom. The molecule has 0 saturated heterocycles. The molecule has 0 bridgehead atoms. The van der Waals surface area contributed by atoms with Gasteiger partial charge in [0.25, 0.3) is 0 Å². The van der Waals surface area contributed by atoms with Crippen molar-refractivity contribution >= 4 is 5.97 Å². The molecule has 92 valence electrons. The largest absolute Gasteiger partial charge is 0.550 e. The van der Waals surface area contributed by atoms with Crippen LogP contribution >= 0.6 is 0 Å². The number of aliphatic carboxylic acids is 1. The third-order valence-electron chi connectivity index (χ3n) is 2.73. The van der Waals surface area contributed by atoms with Gasteiger partial charge in [0.05, 0.1) is 7.11 Å². The lowest BCUT2D eigenvalue weighted by Crippen LogP contribution is -2.24. The van der Waals surface area contributed by atoms with E-state index in [-0.39, 0.29) is 6.42 Å². The second-order valence-electron chi connectivity index (χ2n) is 3.97. The standard InChI is InChI=1S/C15H14O3/c1-18-14-8-6-13(7-9-14)12-4-2-11(3-5-12)10-15(16)17/h2-9H,10H2,1H3,(H,16,17)/p-1. The number of carbonyl (C=O) groups is 1. The van der Waals surface area contributed by atoms with E-state index < -0.39 is 5.97 Å². The van der Waals surface area contributed by atoms with Crippen LogP contribution in [0.15, 0.2) is 48.5 Å². The summed E-state index contributed by atoms with van der Waals surface area (Å²) in [5, 5.41) is 10.5. The zero-order chi connectivity index (χ0) is 13.0. The first-order valence-corrected chi connectivity index (χ1v) is 5.62. The predicted octanol–water partition coefficient (Wildman–Crippen LogP) is 1.65. The molecule has 0 unspecified atom stereocenters. The van der Waals surface area contributed by atoms with Crippen molar-refractivity contribution in [3.05, 3.63) is 54.1 Å². The van der Waals surface area contributed by atoms with Crippen LogP contribution in [0.25, 0.3) is 11.1 Å². The molecule has 2 aromatic carbocycles. The third kappa shape index (κ3) is 2.88. The highest BCUT2D eigenvalue weighted by molar-refractivity contribution is 5.69. The van der Waals surface area contributed by atoms with E-state index in [1.165, 1.54) is 0 Å². The monoisotopic (exact) mass is 241 g/mol. The van der Waals surface area contributed by atoms with Crippen molar-refractivity contribution in [2.75, 3.05) is 7.11 Å². The fourth-order valence-electron chi connectivity index (χ4n) is 1.77. The first-order valence-electron chi connectivity index (χ1n) is 5.62. The Hall–Kier alpha value is -2.29. The fourth-order valence-corrected chi connectivity index (χ4v) is 1.77. The van der Waals surface area contributed by atoms with E-state index in [9.17, 15) is 9.90 Å². The number of rotatable bonds is 4. The zero-order valence-corrected chi connectivity index (χ0v) is 10.1. The van der Waals surface area contributed by atoms with Gasteiger partial charge in [-0.3, -0.25) is 0 Å². The van der Waals surface area contributed by atoms with Crippen molar-refractivity contribution in [2.24, 2.45) is 0 Å². The lowest BCUT2D eigenvalue weighted by atomic mass is 10.0. The summed E-state index contributed by atoms with van der Waals surface area (Å²) in [7, 11) is 1.63. The van der Waals surface area contributed by atoms with Crippen LogP contribution in [0.5, 0.6) is 5.75 Å². The normalized spacial score (nSPS) is 10.1. The van der Waals surface area contributed by atoms with Crippen LogP contribution in [-0.4, -0.2) is 13.1 Å². The van der Waals surface area contributed by atoms with Crippen molar-refractivity contribution in [1.29, 1.82) is 0 Å². The first kappa shape index (κ1) is 12.2. The summed E-state index contributed by atoms with van der Waals surface area (Å²) in [6.45, 7) is 0. The molecule has 0 N–H and O–H groups in total. The average molecular weight is 241 g/mol. The Labute approximate surface area is 106 Å². The summed E-state index contributed by atoms with van der Waals surface area (Å²) in [4.78, 5) is 10.5. The second-order valence-corrected chi connectivity index (χ2v) is 3.97. The maximum absolute atomic E-state index is 10.5. The SMILES string of the molecule is COc1ccc(-c2ccc(CC(=O)[O-])cc2)cc1. The number of hydrogen-bond acceptors (Lipinski definition) is 3. The molecule has 0 heterocycles. The van der Waals surface area contributed by atoms with Crippen LogP contribution in [0, 0.1) is 0 Å². The van der Waals surface area contributed by atoms with E-state index in [1.807, 2.05) is 36.4 Å². The molecule has 0 aromatic heterocycles. The lowest BCUT2D eigenvalue weighted by molar-refractivity contribution is -0.304. The van der Waals surface area contributed by atoms with Crippen LogP contribution in [0.2, 0.25) is 0 Å². The molecule has 3 heteroatoms. The minimum Gasteiger partial charge on any atom is -0.550 e. The van der Waals surface area contributed by atoms with Gasteiger partial charge in [-0.05, 0) is 28.8 Å². The number of benzene rings is 2. The highest BCUT2D eigenvalue weighted by atomic mass is 16.5. The van der Waals surface area contributed by atoms with Gasteiger partial charge in [-0.25, -0.2) is 0 Å². The van der Waals surface area contributed by atoms with Gasteiger partial charge in [0, 0.05) is 12.4 Å². The van der Waals surface area contributed by atoms with E-state index in [1.54, 1.807) is 19.2 Å². The van der Waals surface area contributed by atoms with Gasteiger partial charge < -0.3 is 14.6 Å². The molecule has 0 atom stereocenters. The lowest BCUT2D eigenvalue weighted by Gasteiger charge is -2.06. The molecular weight excluding hydrogens is 228 g/mol. The molecule has 0 aliphatic rings. The molecular formula is C15H13O3-. The van der Waals surface area contributed by atoms with Crippen molar-refractivity contribution in [2.45, 2.75) is 6.42 Å². The number of carboxylic acids is 1.